The van der Waals surface area contributed by atoms with Crippen molar-refractivity contribution >= 4 is 22.6 Å². The number of benzene rings is 1. The Morgan fingerprint density at radius 2 is 2.27 bits per heavy atom. The molecule has 0 saturated heterocycles. The van der Waals surface area contributed by atoms with Crippen molar-refractivity contribution in [3.63, 3.8) is 0 Å². The van der Waals surface area contributed by atoms with Crippen LogP contribution in [0.3, 0.4) is 0 Å². The molecule has 0 aliphatic heterocycles. The molecule has 1 aromatic carbocycles. The van der Waals surface area contributed by atoms with Crippen molar-refractivity contribution in [2.45, 2.75) is 31.7 Å². The van der Waals surface area contributed by atoms with Gasteiger partial charge in [-0.25, -0.2) is 0 Å². The van der Waals surface area contributed by atoms with Gasteiger partial charge in [-0.05, 0) is 52.6 Å². The van der Waals surface area contributed by atoms with Crippen molar-refractivity contribution in [1.29, 1.82) is 0 Å². The lowest BCUT2D eigenvalue weighted by Gasteiger charge is -2.29. The first-order valence-corrected chi connectivity index (χ1v) is 6.59. The van der Waals surface area contributed by atoms with E-state index in [1.54, 1.807) is 0 Å². The zero-order valence-electron chi connectivity index (χ0n) is 8.75. The number of hydrogen-bond acceptors (Lipinski definition) is 2. The molecule has 1 fully saturated rings. The Morgan fingerprint density at radius 3 is 2.80 bits per heavy atom. The quantitative estimate of drug-likeness (QED) is 0.509. The van der Waals surface area contributed by atoms with Gasteiger partial charge in [0.15, 0.2) is 0 Å². The molecule has 0 spiro atoms. The van der Waals surface area contributed by atoms with Crippen LogP contribution in [0.5, 0.6) is 0 Å². The van der Waals surface area contributed by atoms with E-state index in [1.807, 2.05) is 0 Å². The Hall–Kier alpha value is -0.130. The van der Waals surface area contributed by atoms with Gasteiger partial charge in [-0.2, -0.15) is 0 Å². The van der Waals surface area contributed by atoms with Gasteiger partial charge in [0.05, 0.1) is 0 Å². The van der Waals surface area contributed by atoms with Gasteiger partial charge in [-0.15, -0.1) is 0 Å². The highest BCUT2D eigenvalue weighted by atomic mass is 127. The molecule has 0 heterocycles. The van der Waals surface area contributed by atoms with Crippen molar-refractivity contribution in [3.8, 4) is 0 Å². The second-order valence-electron chi connectivity index (χ2n) is 4.31. The van der Waals surface area contributed by atoms with E-state index < -0.39 is 0 Å². The van der Waals surface area contributed by atoms with Gasteiger partial charge in [-0.3, -0.25) is 11.3 Å². The highest BCUT2D eigenvalue weighted by Gasteiger charge is 2.22. The number of rotatable bonds is 4. The molecular weight excluding hydrogens is 299 g/mol. The second kappa shape index (κ2) is 5.27. The highest BCUT2D eigenvalue weighted by molar-refractivity contribution is 14.1. The molecule has 1 saturated carbocycles. The van der Waals surface area contributed by atoms with Crippen molar-refractivity contribution in [1.82, 2.24) is 5.43 Å². The molecule has 0 bridgehead atoms. The second-order valence-corrected chi connectivity index (χ2v) is 5.55. The highest BCUT2D eigenvalue weighted by Crippen LogP contribution is 2.34. The number of halogens is 1. The Labute approximate surface area is 105 Å². The minimum atomic E-state index is 0.324. The number of hydrazine groups is 1. The lowest BCUT2D eigenvalue weighted by molar-refractivity contribution is 0.262. The zero-order chi connectivity index (χ0) is 10.7. The van der Waals surface area contributed by atoms with Crippen LogP contribution in [0, 0.1) is 9.49 Å². The number of nitrogens with two attached hydrogens (primary N) is 1. The molecule has 3 N–H and O–H groups in total. The summed E-state index contributed by atoms with van der Waals surface area (Å²) in [5.41, 5.74) is 4.26. The van der Waals surface area contributed by atoms with Crippen molar-refractivity contribution in [2.75, 3.05) is 0 Å². The fraction of sp³-hybridized carbons (Fsp3) is 0.500. The average Bonchev–Trinajstić information content (AvgIpc) is 2.16. The molecule has 1 aromatic rings. The SMILES string of the molecule is NNC(CC1CCC1)c1cccc(I)c1. The van der Waals surface area contributed by atoms with E-state index in [2.05, 4.69) is 52.3 Å². The molecule has 1 aliphatic carbocycles. The molecule has 0 radical (unpaired) electrons. The van der Waals surface area contributed by atoms with Gasteiger partial charge in [0.2, 0.25) is 0 Å². The Kier molecular flexibility index (Phi) is 3.99. The number of nitrogens with one attached hydrogen (secondary N) is 1. The third-order valence-electron chi connectivity index (χ3n) is 3.25. The van der Waals surface area contributed by atoms with Crippen LogP contribution in [0.4, 0.5) is 0 Å². The van der Waals surface area contributed by atoms with Gasteiger partial charge in [0.1, 0.15) is 0 Å². The number of hydrogen-bond donors (Lipinski definition) is 2. The molecule has 1 atom stereocenters. The van der Waals surface area contributed by atoms with Crippen LogP contribution in [-0.2, 0) is 0 Å². The maximum Gasteiger partial charge on any atom is 0.0463 e. The molecule has 82 valence electrons. The third kappa shape index (κ3) is 2.92. The molecular formula is C12H17IN2. The summed E-state index contributed by atoms with van der Waals surface area (Å²) in [5, 5.41) is 0. The molecule has 15 heavy (non-hydrogen) atoms. The van der Waals surface area contributed by atoms with Crippen molar-refractivity contribution < 1.29 is 0 Å². The first-order valence-electron chi connectivity index (χ1n) is 5.51. The van der Waals surface area contributed by atoms with E-state index >= 15 is 0 Å². The summed E-state index contributed by atoms with van der Waals surface area (Å²) in [6.45, 7) is 0. The van der Waals surface area contributed by atoms with Crippen LogP contribution < -0.4 is 11.3 Å². The fourth-order valence-electron chi connectivity index (χ4n) is 2.09. The van der Waals surface area contributed by atoms with Crippen LogP contribution in [0.15, 0.2) is 24.3 Å². The van der Waals surface area contributed by atoms with Gasteiger partial charge < -0.3 is 0 Å². The maximum atomic E-state index is 5.63. The first-order chi connectivity index (χ1) is 7.29. The van der Waals surface area contributed by atoms with Crippen LogP contribution >= 0.6 is 22.6 Å². The maximum absolute atomic E-state index is 5.63. The zero-order valence-corrected chi connectivity index (χ0v) is 10.9. The van der Waals surface area contributed by atoms with Crippen LogP contribution in [0.25, 0.3) is 0 Å². The van der Waals surface area contributed by atoms with Gasteiger partial charge in [-0.1, -0.05) is 31.4 Å². The Bertz CT molecular complexity index is 323. The monoisotopic (exact) mass is 316 g/mol. The summed E-state index contributed by atoms with van der Waals surface area (Å²) in [6, 6.07) is 8.91. The topological polar surface area (TPSA) is 38.0 Å². The van der Waals surface area contributed by atoms with E-state index in [1.165, 1.54) is 34.8 Å². The molecule has 3 heteroatoms. The van der Waals surface area contributed by atoms with Gasteiger partial charge >= 0.3 is 0 Å². The van der Waals surface area contributed by atoms with Gasteiger partial charge in [0, 0.05) is 9.61 Å². The molecule has 0 aromatic heterocycles. The molecule has 1 aliphatic rings. The minimum absolute atomic E-state index is 0.324. The van der Waals surface area contributed by atoms with Crippen molar-refractivity contribution in [3.05, 3.63) is 33.4 Å². The predicted octanol–water partition coefficient (Wildman–Crippen LogP) is 2.99. The van der Waals surface area contributed by atoms with Gasteiger partial charge in [0.25, 0.3) is 0 Å². The largest absolute Gasteiger partial charge is 0.271 e. The molecule has 1 unspecified atom stereocenters. The molecule has 2 rings (SSSR count). The van der Waals surface area contributed by atoms with E-state index in [-0.39, 0.29) is 0 Å². The summed E-state index contributed by atoms with van der Waals surface area (Å²) >= 11 is 2.34. The Balaban J connectivity index is 2.04. The summed E-state index contributed by atoms with van der Waals surface area (Å²) < 4.78 is 1.28. The van der Waals surface area contributed by atoms with E-state index in [4.69, 9.17) is 5.84 Å². The summed E-state index contributed by atoms with van der Waals surface area (Å²) in [6.07, 6.45) is 5.33. The molecule has 2 nitrogen and oxygen atoms in total. The standard InChI is InChI=1S/C12H17IN2/c13-11-6-2-5-10(8-11)12(15-14)7-9-3-1-4-9/h2,5-6,8-9,12,15H,1,3-4,7,14H2. The normalized spacial score (nSPS) is 18.5. The predicted molar refractivity (Wildman–Crippen MR) is 71.2 cm³/mol. The van der Waals surface area contributed by atoms with E-state index in [0.717, 1.165) is 5.92 Å². The summed E-state index contributed by atoms with van der Waals surface area (Å²) in [5.74, 6) is 6.51. The lowest BCUT2D eigenvalue weighted by atomic mass is 9.80. The van der Waals surface area contributed by atoms with Crippen LogP contribution in [0.2, 0.25) is 0 Å². The van der Waals surface area contributed by atoms with Crippen molar-refractivity contribution in [2.24, 2.45) is 11.8 Å². The smallest absolute Gasteiger partial charge is 0.0463 e. The minimum Gasteiger partial charge on any atom is -0.271 e. The Morgan fingerprint density at radius 1 is 1.47 bits per heavy atom. The van der Waals surface area contributed by atoms with E-state index in [0.29, 0.717) is 6.04 Å². The fourth-order valence-corrected chi connectivity index (χ4v) is 2.65. The van der Waals surface area contributed by atoms with Crippen LogP contribution in [0.1, 0.15) is 37.3 Å². The average molecular weight is 316 g/mol. The molecule has 0 amide bonds. The summed E-state index contributed by atoms with van der Waals surface area (Å²) in [7, 11) is 0. The van der Waals surface area contributed by atoms with E-state index in [9.17, 15) is 0 Å². The third-order valence-corrected chi connectivity index (χ3v) is 3.92. The lowest BCUT2D eigenvalue weighted by Crippen LogP contribution is -2.31. The van der Waals surface area contributed by atoms with Crippen LogP contribution in [-0.4, -0.2) is 0 Å². The summed E-state index contributed by atoms with van der Waals surface area (Å²) in [4.78, 5) is 0. The first kappa shape index (κ1) is 11.4.